The number of carbonyl (C=O) groups is 1. The number of rotatable bonds is 4. The van der Waals surface area contributed by atoms with Crippen LogP contribution in [0, 0.1) is 0 Å². The van der Waals surface area contributed by atoms with Gasteiger partial charge in [0.05, 0.1) is 17.0 Å². The highest BCUT2D eigenvalue weighted by Crippen LogP contribution is 2.31. The number of sulfonamides is 1. The minimum atomic E-state index is -4.61. The Bertz CT molecular complexity index is 780. The zero-order valence-corrected chi connectivity index (χ0v) is 16.2. The quantitative estimate of drug-likeness (QED) is 0.716. The van der Waals surface area contributed by atoms with Gasteiger partial charge in [0.25, 0.3) is 0 Å². The summed E-state index contributed by atoms with van der Waals surface area (Å²) in [6.45, 7) is 6.05. The highest BCUT2D eigenvalue weighted by atomic mass is 32.2. The van der Waals surface area contributed by atoms with Gasteiger partial charge in [0.2, 0.25) is 10.0 Å². The van der Waals surface area contributed by atoms with Crippen LogP contribution >= 0.6 is 0 Å². The molecule has 0 N–H and O–H groups in total. The van der Waals surface area contributed by atoms with Crippen LogP contribution < -0.4 is 0 Å². The summed E-state index contributed by atoms with van der Waals surface area (Å²) in [5.41, 5.74) is -1.61. The molecule has 0 saturated carbocycles. The number of hydrogen-bond donors (Lipinski definition) is 0. The molecular weight excluding hydrogens is 385 g/mol. The van der Waals surface area contributed by atoms with E-state index in [4.69, 9.17) is 4.74 Å². The van der Waals surface area contributed by atoms with Crippen LogP contribution in [-0.2, 0) is 25.7 Å². The Morgan fingerprint density at radius 2 is 1.70 bits per heavy atom. The largest absolute Gasteiger partial charge is 0.459 e. The second-order valence-electron chi connectivity index (χ2n) is 7.29. The average molecular weight is 408 g/mol. The topological polar surface area (TPSA) is 66.9 Å². The molecule has 1 aromatic rings. The van der Waals surface area contributed by atoms with Crippen molar-refractivity contribution in [1.82, 2.24) is 9.21 Å². The van der Waals surface area contributed by atoms with Gasteiger partial charge in [-0.3, -0.25) is 9.69 Å². The van der Waals surface area contributed by atoms with Crippen molar-refractivity contribution < 1.29 is 31.1 Å². The van der Waals surface area contributed by atoms with Crippen molar-refractivity contribution in [2.24, 2.45) is 0 Å². The molecule has 0 atom stereocenters. The van der Waals surface area contributed by atoms with E-state index in [1.165, 1.54) is 0 Å². The summed E-state index contributed by atoms with van der Waals surface area (Å²) in [7, 11) is -4.04. The lowest BCUT2D eigenvalue weighted by molar-refractivity contribution is -0.156. The molecule has 1 aromatic carbocycles. The molecule has 1 aliphatic rings. The Hall–Kier alpha value is -1.65. The summed E-state index contributed by atoms with van der Waals surface area (Å²) < 4.78 is 70.1. The molecule has 1 saturated heterocycles. The normalized spacial score (nSPS) is 17.7. The summed E-state index contributed by atoms with van der Waals surface area (Å²) >= 11 is 0. The van der Waals surface area contributed by atoms with Crippen molar-refractivity contribution in [2.75, 3.05) is 32.7 Å². The minimum absolute atomic E-state index is 0.0364. The predicted molar refractivity (Wildman–Crippen MR) is 92.5 cm³/mol. The molecule has 0 bridgehead atoms. The van der Waals surface area contributed by atoms with Gasteiger partial charge < -0.3 is 4.74 Å². The molecule has 6 nitrogen and oxygen atoms in total. The Morgan fingerprint density at radius 1 is 1.11 bits per heavy atom. The Morgan fingerprint density at radius 3 is 2.22 bits per heavy atom. The third-order valence-electron chi connectivity index (χ3n) is 3.90. The van der Waals surface area contributed by atoms with Gasteiger partial charge in [-0.15, -0.1) is 0 Å². The molecule has 1 aliphatic heterocycles. The van der Waals surface area contributed by atoms with E-state index >= 15 is 0 Å². The Kier molecular flexibility index (Phi) is 6.23. The van der Waals surface area contributed by atoms with Crippen molar-refractivity contribution in [3.63, 3.8) is 0 Å². The van der Waals surface area contributed by atoms with Crippen molar-refractivity contribution >= 4 is 16.0 Å². The first-order valence-corrected chi connectivity index (χ1v) is 9.85. The number of benzene rings is 1. The molecule has 27 heavy (non-hydrogen) atoms. The van der Waals surface area contributed by atoms with E-state index in [1.54, 1.807) is 25.7 Å². The number of alkyl halides is 3. The van der Waals surface area contributed by atoms with E-state index in [1.807, 2.05) is 0 Å². The monoisotopic (exact) mass is 408 g/mol. The van der Waals surface area contributed by atoms with Crippen LogP contribution in [0.15, 0.2) is 29.2 Å². The maximum absolute atomic E-state index is 12.8. The maximum atomic E-state index is 12.8. The van der Waals surface area contributed by atoms with Gasteiger partial charge in [0.1, 0.15) is 5.60 Å². The Labute approximate surface area is 156 Å². The van der Waals surface area contributed by atoms with Crippen LogP contribution in [0.1, 0.15) is 26.3 Å². The van der Waals surface area contributed by atoms with E-state index in [9.17, 15) is 26.4 Å². The maximum Gasteiger partial charge on any atom is 0.416 e. The molecule has 0 aromatic heterocycles. The first-order valence-electron chi connectivity index (χ1n) is 8.41. The standard InChI is InChI=1S/C17H23F3N2O4S/c1-16(2,3)26-15(23)12-21-7-9-22(10-8-21)27(24,25)14-6-4-5-13(11-14)17(18,19)20/h4-6,11H,7-10,12H2,1-3H3. The Balaban J connectivity index is 2.02. The fourth-order valence-electron chi connectivity index (χ4n) is 2.67. The van der Waals surface area contributed by atoms with Crippen molar-refractivity contribution in [3.05, 3.63) is 29.8 Å². The molecule has 1 heterocycles. The van der Waals surface area contributed by atoms with Crippen LogP contribution in [0.2, 0.25) is 0 Å². The molecule has 0 amide bonds. The minimum Gasteiger partial charge on any atom is -0.459 e. The summed E-state index contributed by atoms with van der Waals surface area (Å²) in [6.07, 6.45) is -4.61. The van der Waals surface area contributed by atoms with Crippen molar-refractivity contribution in [2.45, 2.75) is 37.4 Å². The van der Waals surface area contributed by atoms with Gasteiger partial charge in [0, 0.05) is 26.2 Å². The second-order valence-corrected chi connectivity index (χ2v) is 9.23. The molecule has 0 aliphatic carbocycles. The van der Waals surface area contributed by atoms with Gasteiger partial charge in [-0.1, -0.05) is 6.07 Å². The van der Waals surface area contributed by atoms with Gasteiger partial charge in [-0.05, 0) is 39.0 Å². The number of nitrogens with zero attached hydrogens (tertiary/aromatic N) is 2. The lowest BCUT2D eigenvalue weighted by atomic mass is 10.2. The molecular formula is C17H23F3N2O4S. The summed E-state index contributed by atoms with van der Waals surface area (Å²) in [6, 6.07) is 3.70. The fourth-order valence-corrected chi connectivity index (χ4v) is 4.13. The average Bonchev–Trinajstić information content (AvgIpc) is 2.53. The smallest absolute Gasteiger partial charge is 0.416 e. The van der Waals surface area contributed by atoms with E-state index < -0.39 is 38.2 Å². The molecule has 0 spiro atoms. The van der Waals surface area contributed by atoms with Gasteiger partial charge in [0.15, 0.2) is 0 Å². The lowest BCUT2D eigenvalue weighted by Crippen LogP contribution is -2.50. The van der Waals surface area contributed by atoms with Crippen LogP contribution in [0.25, 0.3) is 0 Å². The first-order chi connectivity index (χ1) is 12.3. The molecule has 0 radical (unpaired) electrons. The number of esters is 1. The van der Waals surface area contributed by atoms with Gasteiger partial charge in [-0.2, -0.15) is 17.5 Å². The number of ether oxygens (including phenoxy) is 1. The van der Waals surface area contributed by atoms with Crippen LogP contribution in [0.4, 0.5) is 13.2 Å². The molecule has 1 fully saturated rings. The molecule has 0 unspecified atom stereocenters. The van der Waals surface area contributed by atoms with E-state index in [0.717, 1.165) is 22.5 Å². The van der Waals surface area contributed by atoms with Crippen molar-refractivity contribution in [1.29, 1.82) is 0 Å². The fraction of sp³-hybridized carbons (Fsp3) is 0.588. The van der Waals surface area contributed by atoms with Crippen molar-refractivity contribution in [3.8, 4) is 0 Å². The van der Waals surface area contributed by atoms with Crippen LogP contribution in [-0.4, -0.2) is 61.9 Å². The predicted octanol–water partition coefficient (Wildman–Crippen LogP) is 2.35. The van der Waals surface area contributed by atoms with E-state index in [-0.39, 0.29) is 32.7 Å². The van der Waals surface area contributed by atoms with E-state index in [0.29, 0.717) is 6.07 Å². The summed E-state index contributed by atoms with van der Waals surface area (Å²) in [4.78, 5) is 13.2. The second kappa shape index (κ2) is 7.76. The molecule has 152 valence electrons. The van der Waals surface area contributed by atoms with Gasteiger partial charge >= 0.3 is 12.1 Å². The number of piperazine rings is 1. The first kappa shape index (κ1) is 21.6. The third kappa shape index (κ3) is 5.91. The van der Waals surface area contributed by atoms with E-state index in [2.05, 4.69) is 0 Å². The zero-order valence-electron chi connectivity index (χ0n) is 15.4. The zero-order chi connectivity index (χ0) is 20.5. The molecule has 10 heteroatoms. The summed E-state index contributed by atoms with van der Waals surface area (Å²) in [5.74, 6) is -0.406. The number of halogens is 3. The summed E-state index contributed by atoms with van der Waals surface area (Å²) in [5, 5.41) is 0. The highest BCUT2D eigenvalue weighted by molar-refractivity contribution is 7.89. The van der Waals surface area contributed by atoms with Gasteiger partial charge in [-0.25, -0.2) is 8.42 Å². The molecule has 2 rings (SSSR count). The van der Waals surface area contributed by atoms with Crippen LogP contribution in [0.5, 0.6) is 0 Å². The van der Waals surface area contributed by atoms with Crippen LogP contribution in [0.3, 0.4) is 0 Å². The highest BCUT2D eigenvalue weighted by Gasteiger charge is 2.34. The SMILES string of the molecule is CC(C)(C)OC(=O)CN1CCN(S(=O)(=O)c2cccc(C(F)(F)F)c2)CC1. The third-order valence-corrected chi connectivity index (χ3v) is 5.80. The number of carbonyl (C=O) groups excluding carboxylic acids is 1. The lowest BCUT2D eigenvalue weighted by Gasteiger charge is -2.34. The number of hydrogen-bond acceptors (Lipinski definition) is 5.